The fourth-order valence-corrected chi connectivity index (χ4v) is 6.40. The number of halogens is 1. The topological polar surface area (TPSA) is 74.3 Å². The van der Waals surface area contributed by atoms with Gasteiger partial charge >= 0.3 is 0 Å². The molecule has 196 valence electrons. The molecule has 10 heteroatoms. The summed E-state index contributed by atoms with van der Waals surface area (Å²) in [5.41, 5.74) is 2.94. The molecule has 8 nitrogen and oxygen atoms in total. The van der Waals surface area contributed by atoms with Crippen LogP contribution in [0.4, 0.5) is 0 Å². The lowest BCUT2D eigenvalue weighted by Crippen LogP contribution is -2.37. The van der Waals surface area contributed by atoms with Crippen molar-refractivity contribution in [3.8, 4) is 5.13 Å². The first-order valence-electron chi connectivity index (χ1n) is 12.8. The van der Waals surface area contributed by atoms with Gasteiger partial charge in [0.25, 0.3) is 11.1 Å². The van der Waals surface area contributed by atoms with E-state index in [2.05, 4.69) is 20.8 Å². The molecule has 1 saturated heterocycles. The number of para-hydroxylation sites is 1. The molecular formula is C28H28BrN5O3S. The lowest BCUT2D eigenvalue weighted by molar-refractivity contribution is 0.0369. The van der Waals surface area contributed by atoms with E-state index in [1.54, 1.807) is 15.3 Å². The molecule has 0 spiro atoms. The van der Waals surface area contributed by atoms with E-state index in [4.69, 9.17) is 9.72 Å². The summed E-state index contributed by atoms with van der Waals surface area (Å²) < 4.78 is 12.7. The van der Waals surface area contributed by atoms with Crippen LogP contribution < -0.4 is 11.1 Å². The van der Waals surface area contributed by atoms with Crippen LogP contribution in [-0.2, 0) is 17.8 Å². The summed E-state index contributed by atoms with van der Waals surface area (Å²) in [4.78, 5) is 34.6. The standard InChI is InChI=1S/C28H28BrN5O3S/c1-19-26-23(17-25(35)32(19)12-4-11-31-13-15-37-16-14-31)33(18-20-7-9-21(29)10-8-20)34(27(26)36)28-30-22-5-2-3-6-24(22)38-28/h2-3,5-10,17H,4,11-16,18H2,1H3. The average Bonchev–Trinajstić information content (AvgIpc) is 3.46. The number of aromatic nitrogens is 4. The van der Waals surface area contributed by atoms with E-state index in [1.807, 2.05) is 60.1 Å². The van der Waals surface area contributed by atoms with Crippen LogP contribution in [0.2, 0.25) is 0 Å². The highest BCUT2D eigenvalue weighted by molar-refractivity contribution is 9.10. The van der Waals surface area contributed by atoms with E-state index < -0.39 is 0 Å². The van der Waals surface area contributed by atoms with Crippen molar-refractivity contribution in [2.45, 2.75) is 26.4 Å². The number of nitrogens with zero attached hydrogens (tertiary/aromatic N) is 5. The summed E-state index contributed by atoms with van der Waals surface area (Å²) >= 11 is 4.97. The molecule has 6 rings (SSSR count). The second kappa shape index (κ2) is 10.6. The number of thiazole rings is 1. The molecule has 3 aromatic heterocycles. The molecule has 38 heavy (non-hydrogen) atoms. The molecule has 0 atom stereocenters. The fraction of sp³-hybridized carbons (Fsp3) is 0.321. The second-order valence-electron chi connectivity index (χ2n) is 9.55. The van der Waals surface area contributed by atoms with Gasteiger partial charge in [-0.1, -0.05) is 51.5 Å². The van der Waals surface area contributed by atoms with Crippen LogP contribution in [0.3, 0.4) is 0 Å². The Hall–Kier alpha value is -3.05. The largest absolute Gasteiger partial charge is 0.379 e. The summed E-state index contributed by atoms with van der Waals surface area (Å²) in [6, 6.07) is 17.5. The van der Waals surface area contributed by atoms with Crippen LogP contribution in [0.15, 0.2) is 68.7 Å². The molecule has 0 radical (unpaired) electrons. The van der Waals surface area contributed by atoms with Crippen LogP contribution in [-0.4, -0.2) is 56.7 Å². The predicted octanol–water partition coefficient (Wildman–Crippen LogP) is 4.41. The SMILES string of the molecule is Cc1c2c(=O)n(-c3nc4ccccc4s3)n(Cc3ccc(Br)cc3)c2cc(=O)n1CCCN1CCOCC1. The third-order valence-electron chi connectivity index (χ3n) is 7.14. The molecule has 0 aliphatic carbocycles. The fourth-order valence-electron chi connectivity index (χ4n) is 5.16. The summed E-state index contributed by atoms with van der Waals surface area (Å²) in [6.45, 7) is 7.11. The lowest BCUT2D eigenvalue weighted by Gasteiger charge is -2.26. The molecule has 0 bridgehead atoms. The second-order valence-corrected chi connectivity index (χ2v) is 11.5. The molecule has 2 aromatic carbocycles. The van der Waals surface area contributed by atoms with E-state index in [0.29, 0.717) is 34.8 Å². The number of benzene rings is 2. The Bertz CT molecular complexity index is 1700. The zero-order chi connectivity index (χ0) is 26.2. The van der Waals surface area contributed by atoms with Gasteiger partial charge in [0, 0.05) is 42.4 Å². The summed E-state index contributed by atoms with van der Waals surface area (Å²) in [6.07, 6.45) is 0.831. The molecule has 0 saturated carbocycles. The van der Waals surface area contributed by atoms with Crippen molar-refractivity contribution in [3.05, 3.63) is 91.0 Å². The monoisotopic (exact) mass is 593 g/mol. The highest BCUT2D eigenvalue weighted by Gasteiger charge is 2.22. The van der Waals surface area contributed by atoms with Gasteiger partial charge in [0.05, 0.1) is 40.9 Å². The molecule has 0 N–H and O–H groups in total. The number of aryl methyl sites for hydroxylation is 1. The first-order chi connectivity index (χ1) is 18.5. The maximum absolute atomic E-state index is 14.0. The minimum Gasteiger partial charge on any atom is -0.379 e. The van der Waals surface area contributed by atoms with E-state index in [9.17, 15) is 9.59 Å². The lowest BCUT2D eigenvalue weighted by atomic mass is 10.2. The number of pyridine rings is 1. The third kappa shape index (κ3) is 4.77. The number of morpholine rings is 1. The maximum atomic E-state index is 14.0. The molecule has 0 unspecified atom stereocenters. The zero-order valence-electron chi connectivity index (χ0n) is 21.1. The normalized spacial score (nSPS) is 14.6. The molecular weight excluding hydrogens is 566 g/mol. The Morgan fingerprint density at radius 3 is 2.55 bits per heavy atom. The first-order valence-corrected chi connectivity index (χ1v) is 14.4. The van der Waals surface area contributed by atoms with Gasteiger partial charge in [0.15, 0.2) is 0 Å². The van der Waals surface area contributed by atoms with E-state index in [-0.39, 0.29) is 11.1 Å². The molecule has 1 aliphatic rings. The van der Waals surface area contributed by atoms with Crippen LogP contribution in [0, 0.1) is 6.92 Å². The van der Waals surface area contributed by atoms with Gasteiger partial charge in [0.1, 0.15) is 0 Å². The average molecular weight is 595 g/mol. The van der Waals surface area contributed by atoms with E-state index in [0.717, 1.165) is 59.5 Å². The van der Waals surface area contributed by atoms with Crippen molar-refractivity contribution in [1.29, 1.82) is 0 Å². The molecule has 5 aromatic rings. The van der Waals surface area contributed by atoms with Gasteiger partial charge < -0.3 is 9.30 Å². The van der Waals surface area contributed by atoms with Crippen molar-refractivity contribution in [2.75, 3.05) is 32.8 Å². The van der Waals surface area contributed by atoms with Crippen molar-refractivity contribution in [3.63, 3.8) is 0 Å². The summed E-state index contributed by atoms with van der Waals surface area (Å²) in [7, 11) is 0. The summed E-state index contributed by atoms with van der Waals surface area (Å²) in [5, 5.41) is 1.16. The van der Waals surface area contributed by atoms with Gasteiger partial charge in [-0.3, -0.25) is 19.2 Å². The third-order valence-corrected chi connectivity index (χ3v) is 8.68. The Morgan fingerprint density at radius 2 is 1.79 bits per heavy atom. The first kappa shape index (κ1) is 25.2. The quantitative estimate of drug-likeness (QED) is 0.279. The van der Waals surface area contributed by atoms with Crippen molar-refractivity contribution < 1.29 is 4.74 Å². The van der Waals surface area contributed by atoms with Crippen molar-refractivity contribution in [2.24, 2.45) is 0 Å². The number of hydrogen-bond acceptors (Lipinski definition) is 6. The summed E-state index contributed by atoms with van der Waals surface area (Å²) in [5.74, 6) is 0. The highest BCUT2D eigenvalue weighted by atomic mass is 79.9. The Morgan fingerprint density at radius 1 is 1.03 bits per heavy atom. The van der Waals surface area contributed by atoms with Crippen LogP contribution >= 0.6 is 27.3 Å². The van der Waals surface area contributed by atoms with Crippen molar-refractivity contribution >= 4 is 48.4 Å². The minimum atomic E-state index is -0.157. The predicted molar refractivity (Wildman–Crippen MR) is 155 cm³/mol. The van der Waals surface area contributed by atoms with E-state index >= 15 is 0 Å². The van der Waals surface area contributed by atoms with Crippen molar-refractivity contribution in [1.82, 2.24) is 23.8 Å². The highest BCUT2D eigenvalue weighted by Crippen LogP contribution is 2.26. The van der Waals surface area contributed by atoms with Gasteiger partial charge in [-0.05, 0) is 43.2 Å². The number of hydrogen-bond donors (Lipinski definition) is 0. The number of ether oxygens (including phenoxy) is 1. The smallest absolute Gasteiger partial charge is 0.283 e. The van der Waals surface area contributed by atoms with Gasteiger partial charge in [0.2, 0.25) is 5.13 Å². The van der Waals surface area contributed by atoms with Crippen LogP contribution in [0.25, 0.3) is 26.3 Å². The molecule has 0 amide bonds. The minimum absolute atomic E-state index is 0.0945. The van der Waals surface area contributed by atoms with Gasteiger partial charge in [-0.2, -0.15) is 4.68 Å². The Balaban J connectivity index is 1.46. The maximum Gasteiger partial charge on any atom is 0.283 e. The number of fused-ring (bicyclic) bond motifs is 2. The molecule has 1 aliphatic heterocycles. The zero-order valence-corrected chi connectivity index (χ0v) is 23.5. The Kier molecular flexibility index (Phi) is 7.05. The molecule has 4 heterocycles. The molecule has 1 fully saturated rings. The Labute approximate surface area is 231 Å². The van der Waals surface area contributed by atoms with E-state index in [1.165, 1.54) is 11.3 Å². The number of rotatable bonds is 7. The van der Waals surface area contributed by atoms with Gasteiger partial charge in [-0.25, -0.2) is 4.98 Å². The van der Waals surface area contributed by atoms with Crippen LogP contribution in [0.1, 0.15) is 17.7 Å². The van der Waals surface area contributed by atoms with Gasteiger partial charge in [-0.15, -0.1) is 0 Å². The van der Waals surface area contributed by atoms with Crippen LogP contribution in [0.5, 0.6) is 0 Å².